The predicted molar refractivity (Wildman–Crippen MR) is 125 cm³/mol. The molecule has 0 saturated carbocycles. The van der Waals surface area contributed by atoms with E-state index >= 15 is 0 Å². The summed E-state index contributed by atoms with van der Waals surface area (Å²) in [5.74, 6) is 1.90. The largest absolute Gasteiger partial charge is 0.495 e. The maximum Gasteiger partial charge on any atom is 0.244 e. The number of fused-ring (bicyclic) bond motifs is 4. The first-order valence-corrected chi connectivity index (χ1v) is 11.4. The zero-order chi connectivity index (χ0) is 23.3. The van der Waals surface area contributed by atoms with Gasteiger partial charge in [0.2, 0.25) is 5.72 Å². The van der Waals surface area contributed by atoms with Crippen molar-refractivity contribution in [3.05, 3.63) is 77.1 Å². The molecule has 1 saturated heterocycles. The van der Waals surface area contributed by atoms with Crippen molar-refractivity contribution in [2.75, 3.05) is 20.3 Å². The third-order valence-electron chi connectivity index (χ3n) is 6.69. The van der Waals surface area contributed by atoms with Crippen LogP contribution in [0.5, 0.6) is 11.5 Å². The van der Waals surface area contributed by atoms with Crippen LogP contribution >= 0.6 is 0 Å². The number of hydrogen-bond donors (Lipinski definition) is 0. The third-order valence-corrected chi connectivity index (χ3v) is 6.69. The van der Waals surface area contributed by atoms with Crippen LogP contribution in [0.4, 0.5) is 4.39 Å². The molecule has 174 valence electrons. The highest BCUT2D eigenvalue weighted by Crippen LogP contribution is 2.48. The topological polar surface area (TPSA) is 61.1 Å². The molecule has 2 aromatic carbocycles. The first-order chi connectivity index (χ1) is 16.6. The predicted octanol–water partition coefficient (Wildman–Crippen LogP) is 4.79. The maximum atomic E-state index is 14.2. The number of benzene rings is 2. The van der Waals surface area contributed by atoms with E-state index < -0.39 is 5.72 Å². The Kier molecular flexibility index (Phi) is 4.83. The molecule has 3 aromatic rings. The van der Waals surface area contributed by atoms with Crippen LogP contribution in [0.25, 0.3) is 11.8 Å². The van der Waals surface area contributed by atoms with Gasteiger partial charge in [-0.05, 0) is 67.3 Å². The Labute approximate surface area is 197 Å². The molecule has 0 bridgehead atoms. The number of ether oxygens (including phenoxy) is 2. The lowest BCUT2D eigenvalue weighted by Gasteiger charge is -2.42. The Balaban J connectivity index is 1.34. The van der Waals surface area contributed by atoms with Gasteiger partial charge in [0.15, 0.2) is 5.84 Å². The van der Waals surface area contributed by atoms with Gasteiger partial charge < -0.3 is 23.8 Å². The summed E-state index contributed by atoms with van der Waals surface area (Å²) in [6.45, 7) is 3.23. The van der Waals surface area contributed by atoms with Crippen molar-refractivity contribution in [3.8, 4) is 17.2 Å². The fraction of sp³-hybridized carbons (Fsp3) is 0.308. The van der Waals surface area contributed by atoms with E-state index in [0.717, 1.165) is 53.5 Å². The Bertz CT molecular complexity index is 1330. The quantitative estimate of drug-likeness (QED) is 0.563. The van der Waals surface area contributed by atoms with Gasteiger partial charge in [0.25, 0.3) is 0 Å². The first-order valence-electron chi connectivity index (χ1n) is 11.4. The number of methoxy groups -OCH3 is 1. The van der Waals surface area contributed by atoms with Crippen molar-refractivity contribution in [2.45, 2.75) is 31.9 Å². The van der Waals surface area contributed by atoms with Gasteiger partial charge >= 0.3 is 0 Å². The second-order valence-electron chi connectivity index (χ2n) is 8.81. The minimum Gasteiger partial charge on any atom is -0.495 e. The number of aromatic nitrogens is 2. The average Bonchev–Trinajstić information content (AvgIpc) is 3.45. The Morgan fingerprint density at radius 2 is 2.12 bits per heavy atom. The van der Waals surface area contributed by atoms with Gasteiger partial charge in [-0.2, -0.15) is 0 Å². The van der Waals surface area contributed by atoms with Crippen LogP contribution in [0.1, 0.15) is 36.1 Å². The summed E-state index contributed by atoms with van der Waals surface area (Å²) in [5, 5.41) is 4.50. The lowest BCUT2D eigenvalue weighted by molar-refractivity contribution is -0.128. The number of imidazole rings is 1. The molecule has 1 unspecified atom stereocenters. The van der Waals surface area contributed by atoms with Gasteiger partial charge in [-0.3, -0.25) is 0 Å². The molecule has 0 N–H and O–H groups in total. The molecular weight excluding hydrogens is 435 g/mol. The fourth-order valence-electron chi connectivity index (χ4n) is 5.08. The monoisotopic (exact) mass is 460 g/mol. The lowest BCUT2D eigenvalue weighted by Crippen LogP contribution is -2.51. The summed E-state index contributed by atoms with van der Waals surface area (Å²) in [5.41, 5.74) is 3.83. The molecule has 7 nitrogen and oxygen atoms in total. The molecule has 3 aliphatic heterocycles. The smallest absolute Gasteiger partial charge is 0.244 e. The van der Waals surface area contributed by atoms with Gasteiger partial charge in [0.05, 0.1) is 37.0 Å². The zero-order valence-corrected chi connectivity index (χ0v) is 19.1. The first kappa shape index (κ1) is 20.8. The zero-order valence-electron chi connectivity index (χ0n) is 19.1. The van der Waals surface area contributed by atoms with Gasteiger partial charge in [0.1, 0.15) is 17.3 Å². The van der Waals surface area contributed by atoms with Gasteiger partial charge in [-0.15, -0.1) is 0 Å². The average molecular weight is 461 g/mol. The molecule has 1 atom stereocenters. The third kappa shape index (κ3) is 3.24. The second kappa shape index (κ2) is 7.90. The number of aryl methyl sites for hydroxylation is 1. The number of nitrogens with zero attached hydrogens (tertiary/aromatic N) is 4. The molecule has 3 aliphatic rings. The standard InChI is InChI=1S/C26H25FN4O3/c1-17-15-30(16-28-17)22-7-5-18(13-24(22)32-2)12-19-4-3-10-31-25(19)29-34-26(31)9-11-33-23-8-6-20(27)14-21(23)26/h5-8,12-16H,3-4,9-11H2,1-2H3/b19-12+. The highest BCUT2D eigenvalue weighted by Gasteiger charge is 2.52. The molecule has 0 radical (unpaired) electrons. The minimum atomic E-state index is -0.828. The van der Waals surface area contributed by atoms with Gasteiger partial charge in [-0.1, -0.05) is 11.2 Å². The molecule has 1 fully saturated rings. The molecule has 0 aliphatic carbocycles. The van der Waals surface area contributed by atoms with E-state index in [9.17, 15) is 4.39 Å². The number of oxime groups is 1. The van der Waals surface area contributed by atoms with E-state index in [2.05, 4.69) is 27.2 Å². The van der Waals surface area contributed by atoms with Crippen molar-refractivity contribution in [1.82, 2.24) is 14.5 Å². The van der Waals surface area contributed by atoms with Crippen LogP contribution < -0.4 is 9.47 Å². The van der Waals surface area contributed by atoms with Crippen LogP contribution in [-0.2, 0) is 10.6 Å². The summed E-state index contributed by atoms with van der Waals surface area (Å²) in [4.78, 5) is 12.6. The normalized spacial score (nSPS) is 22.1. The van der Waals surface area contributed by atoms with Gasteiger partial charge in [-0.25, -0.2) is 9.37 Å². The highest BCUT2D eigenvalue weighted by molar-refractivity contribution is 6.03. The van der Waals surface area contributed by atoms with Crippen molar-refractivity contribution in [1.29, 1.82) is 0 Å². The number of piperidine rings is 1. The molecule has 0 amide bonds. The Morgan fingerprint density at radius 1 is 1.21 bits per heavy atom. The summed E-state index contributed by atoms with van der Waals surface area (Å²) >= 11 is 0. The number of rotatable bonds is 3. The molecular formula is C26H25FN4O3. The van der Waals surface area contributed by atoms with Crippen LogP contribution in [0.2, 0.25) is 0 Å². The minimum absolute atomic E-state index is 0.311. The van der Waals surface area contributed by atoms with Crippen molar-refractivity contribution < 1.29 is 18.7 Å². The molecule has 1 aromatic heterocycles. The van der Waals surface area contributed by atoms with E-state index in [1.165, 1.54) is 12.1 Å². The highest BCUT2D eigenvalue weighted by atomic mass is 19.1. The van der Waals surface area contributed by atoms with E-state index in [4.69, 9.17) is 14.3 Å². The van der Waals surface area contributed by atoms with Crippen LogP contribution in [0, 0.1) is 12.7 Å². The van der Waals surface area contributed by atoms with Gasteiger partial charge in [0, 0.05) is 19.2 Å². The van der Waals surface area contributed by atoms with Crippen molar-refractivity contribution in [2.24, 2.45) is 5.16 Å². The van der Waals surface area contributed by atoms with Crippen LogP contribution in [0.15, 0.2) is 59.7 Å². The number of halogens is 1. The van der Waals surface area contributed by atoms with E-state index in [1.807, 2.05) is 29.8 Å². The summed E-state index contributed by atoms with van der Waals surface area (Å²) in [6, 6.07) is 10.7. The summed E-state index contributed by atoms with van der Waals surface area (Å²) < 4.78 is 27.6. The maximum absolute atomic E-state index is 14.2. The van der Waals surface area contributed by atoms with Crippen LogP contribution in [-0.4, -0.2) is 40.5 Å². The Morgan fingerprint density at radius 3 is 2.94 bits per heavy atom. The van der Waals surface area contributed by atoms with Crippen LogP contribution in [0.3, 0.4) is 0 Å². The summed E-state index contributed by atoms with van der Waals surface area (Å²) in [6.07, 6.45) is 8.29. The molecule has 1 spiro atoms. The van der Waals surface area contributed by atoms with E-state index in [1.54, 1.807) is 19.5 Å². The lowest BCUT2D eigenvalue weighted by atomic mass is 9.90. The molecule has 4 heterocycles. The summed E-state index contributed by atoms with van der Waals surface area (Å²) in [7, 11) is 1.67. The second-order valence-corrected chi connectivity index (χ2v) is 8.81. The number of amidine groups is 1. The molecule has 34 heavy (non-hydrogen) atoms. The SMILES string of the molecule is COc1cc(/C=C2\CCCN3C2=NOC32CCOc3ccc(F)cc32)ccc1-n1cnc(C)c1. The molecule has 6 rings (SSSR count). The molecule has 8 heteroatoms. The van der Waals surface area contributed by atoms with E-state index in [-0.39, 0.29) is 5.82 Å². The van der Waals surface area contributed by atoms with Crippen molar-refractivity contribution >= 4 is 11.9 Å². The van der Waals surface area contributed by atoms with E-state index in [0.29, 0.717) is 24.3 Å². The Hall–Kier alpha value is -3.81. The fourth-order valence-corrected chi connectivity index (χ4v) is 5.08. The van der Waals surface area contributed by atoms with Crippen molar-refractivity contribution in [3.63, 3.8) is 0 Å². The number of hydrogen-bond acceptors (Lipinski definition) is 6.